The highest BCUT2D eigenvalue weighted by atomic mass is 19.1. The van der Waals surface area contributed by atoms with Crippen molar-refractivity contribution >= 4 is 6.08 Å². The van der Waals surface area contributed by atoms with E-state index in [1.807, 2.05) is 42.5 Å². The van der Waals surface area contributed by atoms with Gasteiger partial charge >= 0.3 is 0 Å². The maximum atomic E-state index is 14.2. The van der Waals surface area contributed by atoms with Crippen LogP contribution in [0.15, 0.2) is 66.7 Å². The van der Waals surface area contributed by atoms with E-state index in [0.29, 0.717) is 18.0 Å². The first-order chi connectivity index (χ1) is 15.6. The molecule has 1 unspecified atom stereocenters. The Hall–Kier alpha value is -3.31. The van der Waals surface area contributed by atoms with Gasteiger partial charge in [-0.1, -0.05) is 42.5 Å². The lowest BCUT2D eigenvalue weighted by molar-refractivity contribution is 0.235. The van der Waals surface area contributed by atoms with Gasteiger partial charge in [0.2, 0.25) is 0 Å². The topological polar surface area (TPSA) is 30.9 Å². The Morgan fingerprint density at radius 2 is 1.66 bits per heavy atom. The molecule has 32 heavy (non-hydrogen) atoms. The summed E-state index contributed by atoms with van der Waals surface area (Å²) in [7, 11) is 4.96. The van der Waals surface area contributed by atoms with Crippen LogP contribution in [0.4, 0.5) is 4.39 Å². The molecule has 0 bridgehead atoms. The Kier molecular flexibility index (Phi) is 6.76. The molecule has 1 aliphatic heterocycles. The van der Waals surface area contributed by atoms with Gasteiger partial charge in [0.25, 0.3) is 0 Å². The van der Waals surface area contributed by atoms with Crippen LogP contribution >= 0.6 is 0 Å². The van der Waals surface area contributed by atoms with E-state index in [0.717, 1.165) is 35.4 Å². The zero-order valence-corrected chi connectivity index (χ0v) is 18.7. The van der Waals surface area contributed by atoms with Crippen LogP contribution in [0.3, 0.4) is 0 Å². The first-order valence-electron chi connectivity index (χ1n) is 10.7. The van der Waals surface area contributed by atoms with Gasteiger partial charge in [0.05, 0.1) is 27.4 Å². The molecule has 3 aromatic rings. The van der Waals surface area contributed by atoms with Crippen molar-refractivity contribution < 1.29 is 18.6 Å². The predicted octanol–water partition coefficient (Wildman–Crippen LogP) is 5.51. The Bertz CT molecular complexity index is 1110. The molecule has 5 heteroatoms. The van der Waals surface area contributed by atoms with Crippen molar-refractivity contribution in [2.75, 3.05) is 34.4 Å². The average Bonchev–Trinajstić information content (AvgIpc) is 2.83. The first-order valence-corrected chi connectivity index (χ1v) is 10.7. The molecule has 0 radical (unpaired) electrons. The predicted molar refractivity (Wildman–Crippen MR) is 125 cm³/mol. The number of nitrogens with zero attached hydrogens (tertiary/aromatic N) is 1. The van der Waals surface area contributed by atoms with E-state index in [-0.39, 0.29) is 11.9 Å². The number of fused-ring (bicyclic) bond motifs is 1. The first kappa shape index (κ1) is 21.9. The minimum absolute atomic E-state index is 0.0865. The smallest absolute Gasteiger partial charge is 0.161 e. The minimum Gasteiger partial charge on any atom is -0.496 e. The van der Waals surface area contributed by atoms with Gasteiger partial charge in [0.15, 0.2) is 11.5 Å². The number of methoxy groups -OCH3 is 3. The second kappa shape index (κ2) is 9.88. The molecule has 0 saturated heterocycles. The summed E-state index contributed by atoms with van der Waals surface area (Å²) in [5.41, 5.74) is 4.26. The maximum absolute atomic E-state index is 14.2. The summed E-state index contributed by atoms with van der Waals surface area (Å²) in [6.45, 7) is 1.56. The van der Waals surface area contributed by atoms with E-state index in [4.69, 9.17) is 14.2 Å². The van der Waals surface area contributed by atoms with Crippen LogP contribution in [-0.2, 0) is 6.42 Å². The lowest BCUT2D eigenvalue weighted by Crippen LogP contribution is -2.36. The Balaban J connectivity index is 1.70. The fourth-order valence-electron chi connectivity index (χ4n) is 4.38. The van der Waals surface area contributed by atoms with Crippen molar-refractivity contribution in [2.24, 2.45) is 0 Å². The second-order valence-electron chi connectivity index (χ2n) is 7.75. The molecular weight excluding hydrogens is 405 g/mol. The minimum atomic E-state index is -0.236. The molecule has 0 aromatic heterocycles. The van der Waals surface area contributed by atoms with E-state index in [9.17, 15) is 4.39 Å². The molecule has 1 heterocycles. The van der Waals surface area contributed by atoms with Gasteiger partial charge in [-0.15, -0.1) is 0 Å². The zero-order chi connectivity index (χ0) is 22.5. The number of rotatable bonds is 7. The zero-order valence-electron chi connectivity index (χ0n) is 18.7. The molecule has 4 rings (SSSR count). The third-order valence-electron chi connectivity index (χ3n) is 5.91. The Morgan fingerprint density at radius 1 is 0.906 bits per heavy atom. The number of para-hydroxylation sites is 1. The monoisotopic (exact) mass is 433 g/mol. The van der Waals surface area contributed by atoms with Crippen molar-refractivity contribution in [2.45, 2.75) is 12.5 Å². The summed E-state index contributed by atoms with van der Waals surface area (Å²) in [5, 5.41) is 0. The molecule has 0 spiro atoms. The number of hydrogen-bond donors (Lipinski definition) is 0. The summed E-state index contributed by atoms with van der Waals surface area (Å²) in [5.74, 6) is 2.00. The molecule has 0 aliphatic carbocycles. The van der Waals surface area contributed by atoms with E-state index in [1.165, 1.54) is 11.6 Å². The summed E-state index contributed by atoms with van der Waals surface area (Å²) in [6.07, 6.45) is 5.09. The number of halogens is 1. The molecule has 0 amide bonds. The molecule has 0 saturated carbocycles. The van der Waals surface area contributed by atoms with Gasteiger partial charge in [-0.25, -0.2) is 4.39 Å². The van der Waals surface area contributed by atoms with Crippen LogP contribution in [0, 0.1) is 5.82 Å². The standard InChI is InChI=1S/C27H28FNO3/c1-30-24-12-5-4-8-19(24)10-7-14-29-15-13-20-17-25(31-2)26(32-3)18-23(20)27(29)21-9-6-11-22(28)16-21/h4-12,16-18,27H,13-15H2,1-3H3/b10-7+. The van der Waals surface area contributed by atoms with Crippen molar-refractivity contribution in [3.8, 4) is 17.2 Å². The van der Waals surface area contributed by atoms with Gasteiger partial charge in [0, 0.05) is 18.7 Å². The summed E-state index contributed by atoms with van der Waals surface area (Å²) in [6, 6.07) is 18.8. The molecule has 1 aliphatic rings. The molecule has 166 valence electrons. The summed E-state index contributed by atoms with van der Waals surface area (Å²) in [4.78, 5) is 2.36. The lowest BCUT2D eigenvalue weighted by atomic mass is 9.87. The van der Waals surface area contributed by atoms with Gasteiger partial charge in [-0.2, -0.15) is 0 Å². The molecule has 3 aromatic carbocycles. The van der Waals surface area contributed by atoms with Gasteiger partial charge in [0.1, 0.15) is 11.6 Å². The SMILES string of the molecule is COc1ccccc1/C=C/CN1CCc2cc(OC)c(OC)cc2C1c1cccc(F)c1. The highest BCUT2D eigenvalue weighted by Gasteiger charge is 2.30. The second-order valence-corrected chi connectivity index (χ2v) is 7.75. The van der Waals surface area contributed by atoms with Gasteiger partial charge in [-0.05, 0) is 53.4 Å². The maximum Gasteiger partial charge on any atom is 0.161 e. The Morgan fingerprint density at radius 3 is 2.41 bits per heavy atom. The van der Waals surface area contributed by atoms with Crippen molar-refractivity contribution in [3.63, 3.8) is 0 Å². The normalized spacial score (nSPS) is 16.1. The van der Waals surface area contributed by atoms with Crippen molar-refractivity contribution in [1.29, 1.82) is 0 Å². The van der Waals surface area contributed by atoms with Gasteiger partial charge < -0.3 is 14.2 Å². The van der Waals surface area contributed by atoms with Crippen molar-refractivity contribution in [3.05, 3.63) is 94.8 Å². The number of ether oxygens (including phenoxy) is 3. The van der Waals surface area contributed by atoms with Crippen LogP contribution < -0.4 is 14.2 Å². The number of hydrogen-bond acceptors (Lipinski definition) is 4. The molecular formula is C27H28FNO3. The summed E-state index contributed by atoms with van der Waals surface area (Å²) >= 11 is 0. The number of benzene rings is 3. The Labute approximate surface area is 188 Å². The molecule has 4 nitrogen and oxygen atoms in total. The van der Waals surface area contributed by atoms with Crippen LogP contribution in [-0.4, -0.2) is 39.3 Å². The fourth-order valence-corrected chi connectivity index (χ4v) is 4.38. The third-order valence-corrected chi connectivity index (χ3v) is 5.91. The van der Waals surface area contributed by atoms with Crippen LogP contribution in [0.2, 0.25) is 0 Å². The molecule has 1 atom stereocenters. The van der Waals surface area contributed by atoms with E-state index in [1.54, 1.807) is 33.5 Å². The largest absolute Gasteiger partial charge is 0.496 e. The van der Waals surface area contributed by atoms with E-state index < -0.39 is 0 Å². The van der Waals surface area contributed by atoms with Crippen LogP contribution in [0.1, 0.15) is 28.3 Å². The molecule has 0 N–H and O–H groups in total. The summed E-state index contributed by atoms with van der Waals surface area (Å²) < 4.78 is 30.7. The van der Waals surface area contributed by atoms with Crippen molar-refractivity contribution in [1.82, 2.24) is 4.90 Å². The van der Waals surface area contributed by atoms with E-state index >= 15 is 0 Å². The van der Waals surface area contributed by atoms with Crippen LogP contribution in [0.25, 0.3) is 6.08 Å². The van der Waals surface area contributed by atoms with Crippen LogP contribution in [0.5, 0.6) is 17.2 Å². The van der Waals surface area contributed by atoms with Gasteiger partial charge in [-0.3, -0.25) is 4.90 Å². The fraction of sp³-hybridized carbons (Fsp3) is 0.259. The highest BCUT2D eigenvalue weighted by molar-refractivity contribution is 5.57. The molecule has 0 fully saturated rings. The third kappa shape index (κ3) is 4.48. The highest BCUT2D eigenvalue weighted by Crippen LogP contribution is 2.41. The average molecular weight is 434 g/mol. The lowest BCUT2D eigenvalue weighted by Gasteiger charge is -2.37. The quantitative estimate of drug-likeness (QED) is 0.491. The van der Waals surface area contributed by atoms with E-state index in [2.05, 4.69) is 17.1 Å².